The fraction of sp³-hybridized carbons (Fsp3) is 0.800. The number of alkyl halides is 1. The Morgan fingerprint density at radius 1 is 1.32 bits per heavy atom. The molecule has 0 aromatic rings. The number of hydrogen-bond donors (Lipinski definition) is 2. The average molecular weight is 456 g/mol. The van der Waals surface area contributed by atoms with Crippen LogP contribution in [0.3, 0.4) is 0 Å². The van der Waals surface area contributed by atoms with Gasteiger partial charge in [0.15, 0.2) is 0 Å². The first kappa shape index (κ1) is 22.5. The molecule has 2 saturated heterocycles. The number of halogens is 1. The highest BCUT2D eigenvalue weighted by atomic mass is 32.2. The second-order valence-corrected chi connectivity index (χ2v) is 11.3. The minimum atomic E-state index is -3.78. The maximum atomic E-state index is 13.3. The molecular formula is C20H30FN5O4S. The van der Waals surface area contributed by atoms with E-state index >= 15 is 0 Å². The summed E-state index contributed by atoms with van der Waals surface area (Å²) >= 11 is 0. The van der Waals surface area contributed by atoms with Crippen LogP contribution in [0.2, 0.25) is 0 Å². The van der Waals surface area contributed by atoms with Gasteiger partial charge in [-0.25, -0.2) is 27.3 Å². The Morgan fingerprint density at radius 3 is 2.65 bits per heavy atom. The summed E-state index contributed by atoms with van der Waals surface area (Å²) < 4.78 is 41.6. The number of fused-ring (bicyclic) bond motifs is 1. The van der Waals surface area contributed by atoms with E-state index in [-0.39, 0.29) is 31.3 Å². The highest BCUT2D eigenvalue weighted by Crippen LogP contribution is 2.40. The zero-order chi connectivity index (χ0) is 22.4. The summed E-state index contributed by atoms with van der Waals surface area (Å²) in [6, 6.07) is -0.799. The number of nitrogens with zero attached hydrogens (tertiary/aromatic N) is 3. The summed E-state index contributed by atoms with van der Waals surface area (Å²) in [5.41, 5.74) is 2.19. The maximum absolute atomic E-state index is 13.3. The Bertz CT molecular complexity index is 886. The van der Waals surface area contributed by atoms with Crippen molar-refractivity contribution in [2.45, 2.75) is 48.9 Å². The maximum Gasteiger partial charge on any atom is 0.327 e. The molecule has 11 heteroatoms. The minimum Gasteiger partial charge on any atom is -0.309 e. The van der Waals surface area contributed by atoms with Crippen molar-refractivity contribution < 1.29 is 22.4 Å². The number of sulfonamides is 1. The van der Waals surface area contributed by atoms with Crippen LogP contribution < -0.4 is 10.1 Å². The monoisotopic (exact) mass is 455 g/mol. The Labute approximate surface area is 182 Å². The highest BCUT2D eigenvalue weighted by molar-refractivity contribution is 7.90. The molecule has 31 heavy (non-hydrogen) atoms. The first-order chi connectivity index (χ1) is 14.7. The van der Waals surface area contributed by atoms with Gasteiger partial charge in [-0.2, -0.15) is 0 Å². The lowest BCUT2D eigenvalue weighted by Crippen LogP contribution is -2.64. The van der Waals surface area contributed by atoms with Crippen LogP contribution in [0.4, 0.5) is 9.18 Å². The molecule has 9 nitrogen and oxygen atoms in total. The molecule has 4 unspecified atom stereocenters. The Balaban J connectivity index is 1.53. The van der Waals surface area contributed by atoms with Crippen LogP contribution >= 0.6 is 0 Å². The number of hydrogen-bond acceptors (Lipinski definition) is 6. The lowest BCUT2D eigenvalue weighted by atomic mass is 9.80. The number of carbonyl (C=O) groups excluding carboxylic acids is 2. The summed E-state index contributed by atoms with van der Waals surface area (Å²) in [5, 5.41) is 1.13. The SMILES string of the molecule is C#CCN1C(=O)N(CC2CNN(C)C2)C(=O)C2CC(S(=O)(=O)NC3(CF)CC3)CCC21. The molecule has 4 aliphatic rings. The number of hydrazine groups is 1. The normalized spacial score (nSPS) is 33.3. The Morgan fingerprint density at radius 2 is 2.06 bits per heavy atom. The molecule has 4 fully saturated rings. The number of rotatable bonds is 7. The van der Waals surface area contributed by atoms with Crippen molar-refractivity contribution in [3.05, 3.63) is 0 Å². The van der Waals surface area contributed by atoms with Crippen LogP contribution in [0.25, 0.3) is 0 Å². The molecule has 0 radical (unpaired) electrons. The molecule has 2 aliphatic carbocycles. The molecule has 2 aliphatic heterocycles. The van der Waals surface area contributed by atoms with E-state index in [2.05, 4.69) is 16.1 Å². The van der Waals surface area contributed by atoms with Gasteiger partial charge in [0.1, 0.15) is 6.67 Å². The quantitative estimate of drug-likeness (QED) is 0.521. The van der Waals surface area contributed by atoms with E-state index < -0.39 is 45.5 Å². The standard InChI is InChI=1S/C20H30FN5O4S/c1-3-8-25-17-5-4-15(31(29,30)23-20(13-21)6-7-20)9-16(17)18(27)26(19(25)28)12-14-10-22-24(2)11-14/h1,14-17,22-23H,4-13H2,2H3. The van der Waals surface area contributed by atoms with Crippen molar-refractivity contribution in [3.63, 3.8) is 0 Å². The second-order valence-electron chi connectivity index (χ2n) is 9.34. The van der Waals surface area contributed by atoms with Crippen molar-refractivity contribution in [2.24, 2.45) is 11.8 Å². The van der Waals surface area contributed by atoms with Gasteiger partial charge in [-0.3, -0.25) is 15.1 Å². The lowest BCUT2D eigenvalue weighted by molar-refractivity contribution is -0.140. The van der Waals surface area contributed by atoms with Crippen molar-refractivity contribution in [1.29, 1.82) is 0 Å². The van der Waals surface area contributed by atoms with E-state index in [9.17, 15) is 22.4 Å². The van der Waals surface area contributed by atoms with Crippen LogP contribution in [0, 0.1) is 24.2 Å². The predicted octanol–water partition coefficient (Wildman–Crippen LogP) is -0.0912. The number of nitrogens with one attached hydrogen (secondary N) is 2. The molecule has 0 aromatic carbocycles. The molecule has 0 aromatic heterocycles. The van der Waals surface area contributed by atoms with Crippen LogP contribution in [-0.2, 0) is 14.8 Å². The van der Waals surface area contributed by atoms with Crippen LogP contribution in [0.15, 0.2) is 0 Å². The Kier molecular flexibility index (Phi) is 6.02. The second kappa shape index (κ2) is 8.31. The predicted molar refractivity (Wildman–Crippen MR) is 112 cm³/mol. The average Bonchev–Trinajstić information content (AvgIpc) is 3.38. The molecule has 172 valence electrons. The van der Waals surface area contributed by atoms with Gasteiger partial charge in [0, 0.05) is 38.6 Å². The molecule has 3 amide bonds. The lowest BCUT2D eigenvalue weighted by Gasteiger charge is -2.48. The molecular weight excluding hydrogens is 425 g/mol. The third kappa shape index (κ3) is 4.31. The fourth-order valence-corrected chi connectivity index (χ4v) is 7.00. The third-order valence-corrected chi connectivity index (χ3v) is 9.04. The first-order valence-corrected chi connectivity index (χ1v) is 12.3. The van der Waals surface area contributed by atoms with E-state index in [4.69, 9.17) is 6.42 Å². The van der Waals surface area contributed by atoms with E-state index in [0.717, 1.165) is 0 Å². The number of urea groups is 1. The number of terminal acetylenes is 1. The summed E-state index contributed by atoms with van der Waals surface area (Å²) in [7, 11) is -1.88. The van der Waals surface area contributed by atoms with Crippen LogP contribution in [-0.4, -0.2) is 91.9 Å². The molecule has 2 heterocycles. The molecule has 4 atom stereocenters. The smallest absolute Gasteiger partial charge is 0.309 e. The Hall–Kier alpha value is -1.74. The summed E-state index contributed by atoms with van der Waals surface area (Å²) in [6.45, 7) is 0.967. The van der Waals surface area contributed by atoms with E-state index in [1.54, 1.807) is 4.90 Å². The van der Waals surface area contributed by atoms with Gasteiger partial charge in [0.05, 0.1) is 23.3 Å². The van der Waals surface area contributed by atoms with Gasteiger partial charge >= 0.3 is 6.03 Å². The largest absolute Gasteiger partial charge is 0.327 e. The van der Waals surface area contributed by atoms with Crippen molar-refractivity contribution in [3.8, 4) is 12.3 Å². The van der Waals surface area contributed by atoms with Crippen molar-refractivity contribution in [2.75, 3.05) is 39.9 Å². The third-order valence-electron chi connectivity index (χ3n) is 7.02. The van der Waals surface area contributed by atoms with Crippen LogP contribution in [0.1, 0.15) is 32.1 Å². The highest BCUT2D eigenvalue weighted by Gasteiger charge is 2.53. The van der Waals surface area contributed by atoms with Gasteiger partial charge in [0.25, 0.3) is 0 Å². The number of amides is 3. The van der Waals surface area contributed by atoms with Crippen LogP contribution in [0.5, 0.6) is 0 Å². The van der Waals surface area contributed by atoms with Gasteiger partial charge < -0.3 is 4.90 Å². The molecule has 0 spiro atoms. The number of imide groups is 1. The zero-order valence-electron chi connectivity index (χ0n) is 17.7. The van der Waals surface area contributed by atoms with Crippen molar-refractivity contribution >= 4 is 22.0 Å². The van der Waals surface area contributed by atoms with Gasteiger partial charge in [-0.15, -0.1) is 6.42 Å². The van der Waals surface area contributed by atoms with E-state index in [1.807, 2.05) is 12.1 Å². The van der Waals surface area contributed by atoms with Gasteiger partial charge in [-0.05, 0) is 32.1 Å². The van der Waals surface area contributed by atoms with Gasteiger partial charge in [-0.1, -0.05) is 5.92 Å². The molecule has 2 N–H and O–H groups in total. The number of carbonyl (C=O) groups is 2. The summed E-state index contributed by atoms with van der Waals surface area (Å²) in [4.78, 5) is 29.2. The zero-order valence-corrected chi connectivity index (χ0v) is 18.5. The summed E-state index contributed by atoms with van der Waals surface area (Å²) in [6.07, 6.45) is 7.25. The van der Waals surface area contributed by atoms with Crippen molar-refractivity contribution in [1.82, 2.24) is 25.0 Å². The summed E-state index contributed by atoms with van der Waals surface area (Å²) in [5.74, 6) is 1.63. The fourth-order valence-electron chi connectivity index (χ4n) is 5.06. The topological polar surface area (TPSA) is 102 Å². The molecule has 0 bridgehead atoms. The first-order valence-electron chi connectivity index (χ1n) is 10.8. The molecule has 2 saturated carbocycles. The van der Waals surface area contributed by atoms with E-state index in [0.29, 0.717) is 38.8 Å². The molecule has 4 rings (SSSR count). The van der Waals surface area contributed by atoms with Gasteiger partial charge in [0.2, 0.25) is 15.9 Å². The van der Waals surface area contributed by atoms with E-state index in [1.165, 1.54) is 4.90 Å². The minimum absolute atomic E-state index is 0.0766.